The number of hydrogen-bond acceptors (Lipinski definition) is 4. The third kappa shape index (κ3) is 3.85. The Morgan fingerprint density at radius 3 is 2.72 bits per heavy atom. The van der Waals surface area contributed by atoms with Crippen LogP contribution in [0.25, 0.3) is 0 Å². The van der Waals surface area contributed by atoms with Crippen LogP contribution in [0.1, 0.15) is 24.3 Å². The van der Waals surface area contributed by atoms with Crippen LogP contribution in [-0.2, 0) is 4.79 Å². The number of rotatable bonds is 4. The molecular formula is C19H21FN4O. The summed E-state index contributed by atoms with van der Waals surface area (Å²) in [5.41, 5.74) is 7.06. The smallest absolute Gasteiger partial charge is 0.250 e. The molecule has 5 nitrogen and oxygen atoms in total. The Bertz CT molecular complexity index is 771. The Hall–Kier alpha value is -2.73. The molecule has 1 saturated heterocycles. The third-order valence-corrected chi connectivity index (χ3v) is 4.52. The van der Waals surface area contributed by atoms with E-state index in [0.29, 0.717) is 5.92 Å². The maximum Gasteiger partial charge on any atom is 0.250 e. The molecule has 3 rings (SSSR count). The number of hydrogen-bond donors (Lipinski definition) is 4. The Morgan fingerprint density at radius 2 is 2.08 bits per heavy atom. The van der Waals surface area contributed by atoms with Gasteiger partial charge in [-0.15, -0.1) is 0 Å². The van der Waals surface area contributed by atoms with E-state index in [9.17, 15) is 9.18 Å². The minimum absolute atomic E-state index is 0.00500. The van der Waals surface area contributed by atoms with Crippen LogP contribution in [0.15, 0.2) is 59.6 Å². The van der Waals surface area contributed by atoms with Gasteiger partial charge in [0.1, 0.15) is 5.83 Å². The molecule has 0 saturated carbocycles. The van der Waals surface area contributed by atoms with Crippen LogP contribution in [0, 0.1) is 5.41 Å². The molecule has 1 aliphatic heterocycles. The molecule has 1 heterocycles. The lowest BCUT2D eigenvalue weighted by atomic mass is 9.91. The van der Waals surface area contributed by atoms with Gasteiger partial charge in [-0.25, -0.2) is 4.39 Å². The first-order valence-corrected chi connectivity index (χ1v) is 8.30. The number of carbonyl (C=O) groups excluding carboxylic acids is 1. The van der Waals surface area contributed by atoms with Crippen LogP contribution in [0.4, 0.5) is 10.1 Å². The summed E-state index contributed by atoms with van der Waals surface area (Å²) >= 11 is 0. The highest BCUT2D eigenvalue weighted by atomic mass is 19.1. The first-order chi connectivity index (χ1) is 12.1. The maximum atomic E-state index is 14.0. The lowest BCUT2D eigenvalue weighted by molar-refractivity contribution is -0.114. The van der Waals surface area contributed by atoms with Gasteiger partial charge in [0.05, 0.1) is 16.9 Å². The number of halogens is 1. The van der Waals surface area contributed by atoms with Crippen LogP contribution in [-0.4, -0.2) is 24.7 Å². The highest BCUT2D eigenvalue weighted by Gasteiger charge is 2.22. The van der Waals surface area contributed by atoms with E-state index in [1.165, 1.54) is 30.7 Å². The Balaban J connectivity index is 1.71. The van der Waals surface area contributed by atoms with E-state index in [1.54, 1.807) is 0 Å². The van der Waals surface area contributed by atoms with Crippen LogP contribution in [0.2, 0.25) is 0 Å². The number of piperidine rings is 1. The average molecular weight is 340 g/mol. The second kappa shape index (κ2) is 7.44. The van der Waals surface area contributed by atoms with Crippen LogP contribution < -0.4 is 16.4 Å². The largest absolute Gasteiger partial charge is 0.366 e. The Labute approximate surface area is 146 Å². The summed E-state index contributed by atoms with van der Waals surface area (Å²) in [6.07, 6.45) is 6.12. The molecule has 0 bridgehead atoms. The van der Waals surface area contributed by atoms with Gasteiger partial charge in [-0.2, -0.15) is 0 Å². The zero-order chi connectivity index (χ0) is 17.8. The fourth-order valence-corrected chi connectivity index (χ4v) is 3.08. The molecule has 1 unspecified atom stereocenters. The molecule has 1 amide bonds. The number of benzene rings is 1. The number of amides is 1. The molecule has 5 N–H and O–H groups in total. The number of allylic oxidation sites excluding steroid dienone is 4. The topological polar surface area (TPSA) is 91.0 Å². The SMILES string of the molecule is N=C1C(C(N)=O)=CC=C(F)/C1=C/Nc1ccc(C2CCCNC2)cc1. The number of anilines is 1. The average Bonchev–Trinajstić information content (AvgIpc) is 2.62. The van der Waals surface area contributed by atoms with Gasteiger partial charge < -0.3 is 16.4 Å². The molecule has 0 spiro atoms. The van der Waals surface area contributed by atoms with Crippen molar-refractivity contribution in [3.63, 3.8) is 0 Å². The van der Waals surface area contributed by atoms with Crippen molar-refractivity contribution >= 4 is 17.3 Å². The molecule has 1 fully saturated rings. The normalized spacial score (nSPS) is 22.4. The molecule has 1 aliphatic carbocycles. The van der Waals surface area contributed by atoms with Gasteiger partial charge in [0, 0.05) is 18.4 Å². The van der Waals surface area contributed by atoms with Gasteiger partial charge in [0.2, 0.25) is 0 Å². The van der Waals surface area contributed by atoms with Gasteiger partial charge in [-0.05, 0) is 55.2 Å². The number of carbonyl (C=O) groups is 1. The third-order valence-electron chi connectivity index (χ3n) is 4.52. The molecular weight excluding hydrogens is 319 g/mol. The standard InChI is InChI=1S/C19H21FN4O/c20-17-8-7-15(19(22)25)18(21)16(17)11-24-14-5-3-12(4-6-14)13-2-1-9-23-10-13/h3-8,11,13,21,23-24H,1-2,9-10H2,(H2,22,25)/b16-11-,21-18?. The number of nitrogens with one attached hydrogen (secondary N) is 3. The van der Waals surface area contributed by atoms with Gasteiger partial charge >= 0.3 is 0 Å². The zero-order valence-electron chi connectivity index (χ0n) is 13.8. The highest BCUT2D eigenvalue weighted by molar-refractivity contribution is 6.28. The predicted octanol–water partition coefficient (Wildman–Crippen LogP) is 2.75. The second-order valence-corrected chi connectivity index (χ2v) is 6.20. The first kappa shape index (κ1) is 17.1. The molecule has 6 heteroatoms. The fraction of sp³-hybridized carbons (Fsp3) is 0.263. The van der Waals surface area contributed by atoms with Crippen molar-refractivity contribution in [1.29, 1.82) is 5.41 Å². The van der Waals surface area contributed by atoms with E-state index >= 15 is 0 Å². The Morgan fingerprint density at radius 1 is 1.32 bits per heavy atom. The summed E-state index contributed by atoms with van der Waals surface area (Å²) < 4.78 is 14.0. The van der Waals surface area contributed by atoms with Gasteiger partial charge in [0.25, 0.3) is 5.91 Å². The van der Waals surface area contributed by atoms with E-state index in [0.717, 1.165) is 24.9 Å². The molecule has 130 valence electrons. The first-order valence-electron chi connectivity index (χ1n) is 8.30. The van der Waals surface area contributed by atoms with Crippen molar-refractivity contribution < 1.29 is 9.18 Å². The highest BCUT2D eigenvalue weighted by Crippen LogP contribution is 2.26. The molecule has 1 atom stereocenters. The molecule has 0 aromatic heterocycles. The van der Waals surface area contributed by atoms with Gasteiger partial charge in [-0.3, -0.25) is 10.2 Å². The van der Waals surface area contributed by atoms with Crippen molar-refractivity contribution in [2.45, 2.75) is 18.8 Å². The van der Waals surface area contributed by atoms with Gasteiger partial charge in [0.15, 0.2) is 0 Å². The predicted molar refractivity (Wildman–Crippen MR) is 97.2 cm³/mol. The summed E-state index contributed by atoms with van der Waals surface area (Å²) in [6, 6.07) is 7.98. The van der Waals surface area contributed by atoms with E-state index in [1.807, 2.05) is 12.1 Å². The quantitative estimate of drug-likeness (QED) is 0.679. The van der Waals surface area contributed by atoms with Crippen molar-refractivity contribution in [3.05, 3.63) is 65.2 Å². The number of primary amides is 1. The van der Waals surface area contributed by atoms with Crippen LogP contribution in [0.5, 0.6) is 0 Å². The van der Waals surface area contributed by atoms with Gasteiger partial charge in [-0.1, -0.05) is 12.1 Å². The van der Waals surface area contributed by atoms with Crippen molar-refractivity contribution in [2.75, 3.05) is 18.4 Å². The van der Waals surface area contributed by atoms with E-state index in [2.05, 4.69) is 22.8 Å². The molecule has 1 aromatic carbocycles. The van der Waals surface area contributed by atoms with E-state index < -0.39 is 11.7 Å². The molecule has 1 aromatic rings. The number of nitrogens with two attached hydrogens (primary N) is 1. The van der Waals surface area contributed by atoms with Crippen LogP contribution >= 0.6 is 0 Å². The lowest BCUT2D eigenvalue weighted by Crippen LogP contribution is -2.28. The fourth-order valence-electron chi connectivity index (χ4n) is 3.08. The minimum Gasteiger partial charge on any atom is -0.366 e. The monoisotopic (exact) mass is 340 g/mol. The summed E-state index contributed by atoms with van der Waals surface area (Å²) in [7, 11) is 0. The van der Waals surface area contributed by atoms with E-state index in [-0.39, 0.29) is 16.9 Å². The van der Waals surface area contributed by atoms with E-state index in [4.69, 9.17) is 11.1 Å². The second-order valence-electron chi connectivity index (χ2n) is 6.20. The van der Waals surface area contributed by atoms with Crippen molar-refractivity contribution in [2.24, 2.45) is 5.73 Å². The van der Waals surface area contributed by atoms with Crippen molar-refractivity contribution in [1.82, 2.24) is 5.32 Å². The summed E-state index contributed by atoms with van der Waals surface area (Å²) in [5.74, 6) is -0.797. The lowest BCUT2D eigenvalue weighted by Gasteiger charge is -2.23. The zero-order valence-corrected chi connectivity index (χ0v) is 13.8. The summed E-state index contributed by atoms with van der Waals surface area (Å²) in [4.78, 5) is 11.3. The molecule has 25 heavy (non-hydrogen) atoms. The molecule has 0 radical (unpaired) electrons. The van der Waals surface area contributed by atoms with Crippen LogP contribution in [0.3, 0.4) is 0 Å². The van der Waals surface area contributed by atoms with Crippen molar-refractivity contribution in [3.8, 4) is 0 Å². The maximum absolute atomic E-state index is 14.0. The molecule has 2 aliphatic rings. The minimum atomic E-state index is -0.745. The Kier molecular flexibility index (Phi) is 5.09. The summed E-state index contributed by atoms with van der Waals surface area (Å²) in [5, 5.41) is 14.3. The summed E-state index contributed by atoms with van der Waals surface area (Å²) in [6.45, 7) is 2.07.